The molecule has 0 spiro atoms. The van der Waals surface area contributed by atoms with Gasteiger partial charge in [0.25, 0.3) is 0 Å². The first-order chi connectivity index (χ1) is 15.0. The number of nitrogens with zero attached hydrogens (tertiary/aromatic N) is 1. The highest BCUT2D eigenvalue weighted by Crippen LogP contribution is 2.17. The molecule has 1 atom stereocenters. The molecule has 2 amide bonds. The molecular weight excluding hydrogens is 392 g/mol. The number of hydrogen-bond donors (Lipinski definition) is 3. The molecule has 166 valence electrons. The maximum absolute atomic E-state index is 12.5. The van der Waals surface area contributed by atoms with Gasteiger partial charge in [-0.1, -0.05) is 37.3 Å². The fourth-order valence-corrected chi connectivity index (χ4v) is 3.89. The quantitative estimate of drug-likeness (QED) is 0.579. The molecule has 2 aromatic carbocycles. The van der Waals surface area contributed by atoms with Crippen LogP contribution in [0.4, 0.5) is 11.4 Å². The lowest BCUT2D eigenvalue weighted by Gasteiger charge is -2.32. The van der Waals surface area contributed by atoms with E-state index < -0.39 is 11.8 Å². The van der Waals surface area contributed by atoms with Crippen LogP contribution >= 0.6 is 0 Å². The predicted molar refractivity (Wildman–Crippen MR) is 122 cm³/mol. The van der Waals surface area contributed by atoms with Crippen molar-refractivity contribution in [3.05, 3.63) is 59.7 Å². The van der Waals surface area contributed by atoms with Crippen molar-refractivity contribution in [2.75, 3.05) is 57.2 Å². The molecule has 0 saturated carbocycles. The average molecular weight is 426 g/mol. The van der Waals surface area contributed by atoms with Crippen LogP contribution in [0.1, 0.15) is 24.1 Å². The number of morpholine rings is 1. The van der Waals surface area contributed by atoms with Crippen molar-refractivity contribution in [1.82, 2.24) is 5.32 Å². The molecule has 2 aromatic rings. The highest BCUT2D eigenvalue weighted by molar-refractivity contribution is 6.39. The summed E-state index contributed by atoms with van der Waals surface area (Å²) in [5.74, 6) is -1.26. The number of hydrogen-bond acceptors (Lipinski definition) is 4. The molecule has 7 heteroatoms. The molecule has 1 aliphatic heterocycles. The van der Waals surface area contributed by atoms with Gasteiger partial charge in [0, 0.05) is 31.0 Å². The van der Waals surface area contributed by atoms with Gasteiger partial charge in [0.1, 0.15) is 19.1 Å². The fourth-order valence-electron chi connectivity index (χ4n) is 3.89. The van der Waals surface area contributed by atoms with Crippen LogP contribution in [0.5, 0.6) is 0 Å². The summed E-state index contributed by atoms with van der Waals surface area (Å²) in [6, 6.07) is 16.0. The molecule has 31 heavy (non-hydrogen) atoms. The molecule has 1 heterocycles. The van der Waals surface area contributed by atoms with Gasteiger partial charge in [-0.15, -0.1) is 0 Å². The third kappa shape index (κ3) is 6.06. The topological polar surface area (TPSA) is 75.1 Å². The zero-order chi connectivity index (χ0) is 22.2. The second-order valence-electron chi connectivity index (χ2n) is 7.98. The van der Waals surface area contributed by atoms with Crippen molar-refractivity contribution in [3.8, 4) is 0 Å². The van der Waals surface area contributed by atoms with Crippen LogP contribution in [0.25, 0.3) is 0 Å². The summed E-state index contributed by atoms with van der Waals surface area (Å²) in [5.41, 5.74) is 3.94. The van der Waals surface area contributed by atoms with Crippen molar-refractivity contribution in [3.63, 3.8) is 0 Å². The van der Waals surface area contributed by atoms with E-state index in [1.165, 1.54) is 4.90 Å². The summed E-state index contributed by atoms with van der Waals surface area (Å²) in [4.78, 5) is 28.4. The van der Waals surface area contributed by atoms with E-state index in [-0.39, 0.29) is 6.04 Å². The number of para-hydroxylation sites is 1. The van der Waals surface area contributed by atoms with E-state index in [9.17, 15) is 9.59 Å². The van der Waals surface area contributed by atoms with Gasteiger partial charge in [0.15, 0.2) is 0 Å². The molecule has 0 aromatic heterocycles. The summed E-state index contributed by atoms with van der Waals surface area (Å²) in [7, 11) is 4.02. The second kappa shape index (κ2) is 10.9. The maximum Gasteiger partial charge on any atom is 0.313 e. The van der Waals surface area contributed by atoms with E-state index in [0.29, 0.717) is 25.4 Å². The Bertz CT molecular complexity index is 877. The van der Waals surface area contributed by atoms with Crippen LogP contribution in [0, 0.1) is 0 Å². The third-order valence-electron chi connectivity index (χ3n) is 5.76. The Morgan fingerprint density at radius 1 is 1.03 bits per heavy atom. The minimum atomic E-state index is -0.639. The van der Waals surface area contributed by atoms with Crippen molar-refractivity contribution in [1.29, 1.82) is 0 Å². The van der Waals surface area contributed by atoms with Crippen molar-refractivity contribution >= 4 is 23.2 Å². The number of rotatable bonds is 7. The molecule has 0 aliphatic carbocycles. The monoisotopic (exact) mass is 425 g/mol. The van der Waals surface area contributed by atoms with Gasteiger partial charge in [-0.05, 0) is 30.2 Å². The van der Waals surface area contributed by atoms with Crippen LogP contribution in [0.2, 0.25) is 0 Å². The molecule has 7 nitrogen and oxygen atoms in total. The number of anilines is 2. The minimum Gasteiger partial charge on any atom is -0.378 e. The van der Waals surface area contributed by atoms with Gasteiger partial charge in [-0.25, -0.2) is 0 Å². The second-order valence-corrected chi connectivity index (χ2v) is 7.98. The van der Waals surface area contributed by atoms with Crippen molar-refractivity contribution in [2.24, 2.45) is 0 Å². The molecule has 3 N–H and O–H groups in total. The molecular formula is C24H33N4O3+. The highest BCUT2D eigenvalue weighted by atomic mass is 16.5. The molecule has 1 saturated heterocycles. The fraction of sp³-hybridized carbons (Fsp3) is 0.417. The first-order valence-corrected chi connectivity index (χ1v) is 10.9. The van der Waals surface area contributed by atoms with Gasteiger partial charge in [-0.2, -0.15) is 0 Å². The summed E-state index contributed by atoms with van der Waals surface area (Å²) >= 11 is 0. The predicted octanol–water partition coefficient (Wildman–Crippen LogP) is 1.03. The molecule has 1 fully saturated rings. The minimum absolute atomic E-state index is 0.0554. The van der Waals surface area contributed by atoms with Crippen molar-refractivity contribution < 1.29 is 19.2 Å². The molecule has 0 unspecified atom stereocenters. The summed E-state index contributed by atoms with van der Waals surface area (Å²) in [5, 5.41) is 5.59. The number of benzene rings is 2. The van der Waals surface area contributed by atoms with Crippen LogP contribution in [-0.2, 0) is 20.7 Å². The number of nitrogens with one attached hydrogen (secondary N) is 3. The molecule has 0 bridgehead atoms. The van der Waals surface area contributed by atoms with E-state index in [0.717, 1.165) is 36.3 Å². The van der Waals surface area contributed by atoms with Gasteiger partial charge >= 0.3 is 11.8 Å². The maximum atomic E-state index is 12.5. The Hall–Kier alpha value is -2.90. The summed E-state index contributed by atoms with van der Waals surface area (Å²) in [6.45, 7) is 5.53. The SMILES string of the molecule is CCc1ccccc1NC(=O)C(=O)NC[C@@H](c1ccc(N(C)C)cc1)[NH+]1CCOCC1. The first-order valence-electron chi connectivity index (χ1n) is 10.9. The standard InChI is InChI=1S/C24H32N4O3/c1-4-18-7-5-6-8-21(18)26-24(30)23(29)25-17-22(28-13-15-31-16-14-28)19-9-11-20(12-10-19)27(2)3/h5-12,22H,4,13-17H2,1-3H3,(H,25,29)(H,26,30)/p+1/t22-/m0/s1. The van der Waals surface area contributed by atoms with Crippen LogP contribution in [0.3, 0.4) is 0 Å². The largest absolute Gasteiger partial charge is 0.378 e. The molecule has 1 aliphatic rings. The Balaban J connectivity index is 1.67. The normalized spacial score (nSPS) is 15.2. The molecule has 3 rings (SSSR count). The van der Waals surface area contributed by atoms with E-state index in [2.05, 4.69) is 39.8 Å². The van der Waals surface area contributed by atoms with Gasteiger partial charge in [0.2, 0.25) is 0 Å². The lowest BCUT2D eigenvalue weighted by molar-refractivity contribution is -0.937. The number of quaternary nitrogens is 1. The Labute approximate surface area is 184 Å². The van der Waals surface area contributed by atoms with E-state index in [4.69, 9.17) is 4.74 Å². The van der Waals surface area contributed by atoms with Gasteiger partial charge < -0.3 is 25.2 Å². The van der Waals surface area contributed by atoms with Crippen LogP contribution in [-0.4, -0.2) is 58.8 Å². The average Bonchev–Trinajstić information content (AvgIpc) is 2.80. The number of amides is 2. The van der Waals surface area contributed by atoms with Crippen LogP contribution < -0.4 is 20.4 Å². The Kier molecular flexibility index (Phi) is 8.03. The number of carbonyl (C=O) groups is 2. The highest BCUT2D eigenvalue weighted by Gasteiger charge is 2.28. The first kappa shape index (κ1) is 22.8. The number of ether oxygens (including phenoxy) is 1. The lowest BCUT2D eigenvalue weighted by atomic mass is 10.0. The molecule has 0 radical (unpaired) electrons. The Morgan fingerprint density at radius 3 is 2.35 bits per heavy atom. The zero-order valence-corrected chi connectivity index (χ0v) is 18.6. The van der Waals surface area contributed by atoms with Crippen molar-refractivity contribution in [2.45, 2.75) is 19.4 Å². The lowest BCUT2D eigenvalue weighted by Crippen LogP contribution is -3.15. The number of aryl methyl sites for hydroxylation is 1. The Morgan fingerprint density at radius 2 is 1.71 bits per heavy atom. The third-order valence-corrected chi connectivity index (χ3v) is 5.76. The van der Waals surface area contributed by atoms with E-state index >= 15 is 0 Å². The van der Waals surface area contributed by atoms with E-state index in [1.807, 2.05) is 45.3 Å². The summed E-state index contributed by atoms with van der Waals surface area (Å²) < 4.78 is 5.51. The van der Waals surface area contributed by atoms with E-state index in [1.54, 1.807) is 0 Å². The zero-order valence-electron chi connectivity index (χ0n) is 18.6. The van der Waals surface area contributed by atoms with Crippen LogP contribution in [0.15, 0.2) is 48.5 Å². The van der Waals surface area contributed by atoms with Gasteiger partial charge in [-0.3, -0.25) is 9.59 Å². The number of carbonyl (C=O) groups excluding carboxylic acids is 2. The summed E-state index contributed by atoms with van der Waals surface area (Å²) in [6.07, 6.45) is 0.781. The smallest absolute Gasteiger partial charge is 0.313 e. The van der Waals surface area contributed by atoms with Gasteiger partial charge in [0.05, 0.1) is 19.8 Å².